The summed E-state index contributed by atoms with van der Waals surface area (Å²) >= 11 is 0. The monoisotopic (exact) mass is 380 g/mol. The van der Waals surface area contributed by atoms with Gasteiger partial charge in [-0.3, -0.25) is 4.79 Å². The highest BCUT2D eigenvalue weighted by molar-refractivity contribution is 5.95. The molecule has 0 aromatic heterocycles. The lowest BCUT2D eigenvalue weighted by Crippen LogP contribution is -2.05. The Morgan fingerprint density at radius 1 is 0.690 bits per heavy atom. The number of benzene rings is 4. The number of hydrogen-bond acceptors (Lipinski definition) is 3. The third kappa shape index (κ3) is 3.76. The molecule has 0 fully saturated rings. The normalized spacial score (nSPS) is 10.5. The molecule has 4 aromatic carbocycles. The van der Waals surface area contributed by atoms with Gasteiger partial charge in [0.05, 0.1) is 5.56 Å². The Morgan fingerprint density at radius 2 is 1.14 bits per heavy atom. The maximum Gasteiger partial charge on any atom is 0.308 e. The van der Waals surface area contributed by atoms with Crippen molar-refractivity contribution in [2.24, 2.45) is 0 Å². The molecule has 1 N–H and O–H groups in total. The third-order valence-electron chi connectivity index (χ3n) is 4.73. The number of carbonyl (C=O) groups is 1. The number of aromatic hydroxyl groups is 1. The van der Waals surface area contributed by atoms with E-state index in [-0.39, 0.29) is 5.75 Å². The van der Waals surface area contributed by atoms with E-state index >= 15 is 0 Å². The minimum Gasteiger partial charge on any atom is -0.507 e. The van der Waals surface area contributed by atoms with Crippen molar-refractivity contribution < 1.29 is 14.6 Å². The number of phenols is 1. The van der Waals surface area contributed by atoms with E-state index in [9.17, 15) is 9.90 Å². The van der Waals surface area contributed by atoms with Gasteiger partial charge in [0.2, 0.25) is 0 Å². The van der Waals surface area contributed by atoms with Crippen molar-refractivity contribution in [3.05, 3.63) is 97.1 Å². The third-order valence-corrected chi connectivity index (χ3v) is 4.73. The molecule has 3 nitrogen and oxygen atoms in total. The van der Waals surface area contributed by atoms with Gasteiger partial charge in [0, 0.05) is 18.1 Å². The Kier molecular flexibility index (Phi) is 5.12. The predicted molar refractivity (Wildman–Crippen MR) is 116 cm³/mol. The van der Waals surface area contributed by atoms with Crippen LogP contribution >= 0.6 is 0 Å². The van der Waals surface area contributed by atoms with Crippen LogP contribution in [-0.2, 0) is 4.79 Å². The summed E-state index contributed by atoms with van der Waals surface area (Å²) in [4.78, 5) is 11.9. The molecular weight excluding hydrogens is 360 g/mol. The van der Waals surface area contributed by atoms with Crippen molar-refractivity contribution in [1.82, 2.24) is 0 Å². The first-order valence-electron chi connectivity index (χ1n) is 9.40. The van der Waals surface area contributed by atoms with Crippen LogP contribution in [0.3, 0.4) is 0 Å². The van der Waals surface area contributed by atoms with Gasteiger partial charge in [-0.2, -0.15) is 0 Å². The fourth-order valence-corrected chi connectivity index (χ4v) is 3.45. The van der Waals surface area contributed by atoms with Crippen LogP contribution in [0.15, 0.2) is 97.1 Å². The first kappa shape index (κ1) is 18.5. The van der Waals surface area contributed by atoms with Gasteiger partial charge < -0.3 is 9.84 Å². The van der Waals surface area contributed by atoms with Crippen molar-refractivity contribution in [1.29, 1.82) is 0 Å². The molecule has 0 heterocycles. The standard InChI is InChI=1S/C26H20O3/c1-18(27)29-26-23(20-13-7-3-8-14-20)17-22(19-11-5-2-6-12-19)25(28)24(26)21-15-9-4-10-16-21/h2-17,28H,1H3. The number of rotatable bonds is 4. The lowest BCUT2D eigenvalue weighted by atomic mass is 9.90. The number of phenolic OH excluding ortho intramolecular Hbond substituents is 1. The topological polar surface area (TPSA) is 46.5 Å². The second-order valence-electron chi connectivity index (χ2n) is 6.72. The van der Waals surface area contributed by atoms with E-state index in [2.05, 4.69) is 0 Å². The average molecular weight is 380 g/mol. The summed E-state index contributed by atoms with van der Waals surface area (Å²) in [5.74, 6) is -0.00312. The van der Waals surface area contributed by atoms with Crippen LogP contribution in [0.25, 0.3) is 33.4 Å². The maximum atomic E-state index is 11.9. The molecule has 0 saturated carbocycles. The second-order valence-corrected chi connectivity index (χ2v) is 6.72. The van der Waals surface area contributed by atoms with Gasteiger partial charge in [-0.15, -0.1) is 0 Å². The highest BCUT2D eigenvalue weighted by atomic mass is 16.5. The SMILES string of the molecule is CC(=O)Oc1c(-c2ccccc2)cc(-c2ccccc2)c(O)c1-c1ccccc1. The molecule has 0 aliphatic carbocycles. The molecule has 0 saturated heterocycles. The molecule has 3 heteroatoms. The highest BCUT2D eigenvalue weighted by Crippen LogP contribution is 2.49. The molecular formula is C26H20O3. The van der Waals surface area contributed by atoms with Crippen LogP contribution in [0.5, 0.6) is 11.5 Å². The summed E-state index contributed by atoms with van der Waals surface area (Å²) in [5.41, 5.74) is 4.49. The molecule has 0 atom stereocenters. The summed E-state index contributed by atoms with van der Waals surface area (Å²) in [6.45, 7) is 1.37. The molecule has 0 unspecified atom stereocenters. The van der Waals surface area contributed by atoms with Crippen LogP contribution in [0.2, 0.25) is 0 Å². The van der Waals surface area contributed by atoms with Gasteiger partial charge in [-0.05, 0) is 22.8 Å². The van der Waals surface area contributed by atoms with E-state index in [0.29, 0.717) is 16.9 Å². The van der Waals surface area contributed by atoms with E-state index in [0.717, 1.165) is 22.3 Å². The van der Waals surface area contributed by atoms with Crippen molar-refractivity contribution in [3.8, 4) is 44.9 Å². The van der Waals surface area contributed by atoms with Crippen LogP contribution in [0.1, 0.15) is 6.92 Å². The van der Waals surface area contributed by atoms with Crippen molar-refractivity contribution >= 4 is 5.97 Å². The van der Waals surface area contributed by atoms with Crippen molar-refractivity contribution in [3.63, 3.8) is 0 Å². The molecule has 0 aliphatic heterocycles. The lowest BCUT2D eigenvalue weighted by molar-refractivity contribution is -0.131. The van der Waals surface area contributed by atoms with Gasteiger partial charge in [0.1, 0.15) is 11.5 Å². The number of ether oxygens (including phenoxy) is 1. The van der Waals surface area contributed by atoms with E-state index in [1.54, 1.807) is 0 Å². The average Bonchev–Trinajstić information content (AvgIpc) is 2.75. The summed E-state index contributed by atoms with van der Waals surface area (Å²) in [6.07, 6.45) is 0. The number of hydrogen-bond donors (Lipinski definition) is 1. The quantitative estimate of drug-likeness (QED) is 0.333. The van der Waals surface area contributed by atoms with Crippen LogP contribution in [0, 0.1) is 0 Å². The Hall–Kier alpha value is -3.85. The molecule has 0 spiro atoms. The number of carbonyl (C=O) groups excluding carboxylic acids is 1. The molecule has 0 amide bonds. The van der Waals surface area contributed by atoms with Crippen LogP contribution in [0.4, 0.5) is 0 Å². The van der Waals surface area contributed by atoms with Gasteiger partial charge in [-0.25, -0.2) is 0 Å². The molecule has 4 aromatic rings. The minimum absolute atomic E-state index is 0.0818. The zero-order chi connectivity index (χ0) is 20.2. The summed E-state index contributed by atoms with van der Waals surface area (Å²) < 4.78 is 5.66. The second kappa shape index (κ2) is 8.03. The maximum absolute atomic E-state index is 11.9. The van der Waals surface area contributed by atoms with Crippen molar-refractivity contribution in [2.45, 2.75) is 6.92 Å². The summed E-state index contributed by atoms with van der Waals surface area (Å²) in [7, 11) is 0. The zero-order valence-electron chi connectivity index (χ0n) is 16.0. The van der Waals surface area contributed by atoms with E-state index in [1.165, 1.54) is 6.92 Å². The van der Waals surface area contributed by atoms with E-state index < -0.39 is 5.97 Å². The minimum atomic E-state index is -0.439. The van der Waals surface area contributed by atoms with Crippen molar-refractivity contribution in [2.75, 3.05) is 0 Å². The van der Waals surface area contributed by atoms with E-state index in [4.69, 9.17) is 4.74 Å². The highest BCUT2D eigenvalue weighted by Gasteiger charge is 2.23. The predicted octanol–water partition coefficient (Wildman–Crippen LogP) is 6.32. The Labute approximate surface area is 169 Å². The number of esters is 1. The van der Waals surface area contributed by atoms with Gasteiger partial charge in [0.15, 0.2) is 0 Å². The molecule has 4 rings (SSSR count). The Balaban J connectivity index is 2.10. The molecule has 142 valence electrons. The summed E-state index contributed by atoms with van der Waals surface area (Å²) in [6, 6.07) is 30.8. The summed E-state index contributed by atoms with van der Waals surface area (Å²) in [5, 5.41) is 11.3. The van der Waals surface area contributed by atoms with Crippen LogP contribution in [-0.4, -0.2) is 11.1 Å². The Morgan fingerprint density at radius 3 is 1.62 bits per heavy atom. The first-order valence-corrected chi connectivity index (χ1v) is 9.40. The van der Waals surface area contributed by atoms with Crippen LogP contribution < -0.4 is 4.74 Å². The molecule has 0 aliphatic rings. The smallest absolute Gasteiger partial charge is 0.308 e. The first-order chi connectivity index (χ1) is 14.1. The molecule has 0 radical (unpaired) electrons. The Bertz CT molecular complexity index is 1130. The van der Waals surface area contributed by atoms with Gasteiger partial charge >= 0.3 is 5.97 Å². The lowest BCUT2D eigenvalue weighted by Gasteiger charge is -2.19. The molecule has 29 heavy (non-hydrogen) atoms. The van der Waals surface area contributed by atoms with E-state index in [1.807, 2.05) is 97.1 Å². The fourth-order valence-electron chi connectivity index (χ4n) is 3.45. The largest absolute Gasteiger partial charge is 0.507 e. The van der Waals surface area contributed by atoms with Gasteiger partial charge in [-0.1, -0.05) is 91.0 Å². The molecule has 0 bridgehead atoms. The fraction of sp³-hybridized carbons (Fsp3) is 0.0385. The zero-order valence-corrected chi connectivity index (χ0v) is 16.0. The van der Waals surface area contributed by atoms with Gasteiger partial charge in [0.25, 0.3) is 0 Å².